The van der Waals surface area contributed by atoms with E-state index in [0.717, 1.165) is 0 Å². The number of benzene rings is 2. The zero-order valence-corrected chi connectivity index (χ0v) is 16.9. The minimum absolute atomic E-state index is 0.117. The number of morpholine rings is 2. The quantitative estimate of drug-likeness (QED) is 0.721. The van der Waals surface area contributed by atoms with Gasteiger partial charge in [-0.25, -0.2) is 16.8 Å². The minimum atomic E-state index is -3.75. The van der Waals surface area contributed by atoms with E-state index >= 15 is 0 Å². The normalized spacial score (nSPS) is 20.4. The molecule has 0 amide bonds. The van der Waals surface area contributed by atoms with Gasteiger partial charge in [-0.15, -0.1) is 0 Å². The summed E-state index contributed by atoms with van der Waals surface area (Å²) in [5.41, 5.74) is 0. The second-order valence-electron chi connectivity index (χ2n) is 6.64. The highest BCUT2D eigenvalue weighted by Crippen LogP contribution is 2.31. The number of hydrogen-bond acceptors (Lipinski definition) is 6. The second-order valence-corrected chi connectivity index (χ2v) is 10.5. The van der Waals surface area contributed by atoms with E-state index in [2.05, 4.69) is 0 Å². The topological polar surface area (TPSA) is 93.2 Å². The maximum atomic E-state index is 13.2. The van der Waals surface area contributed by atoms with E-state index in [9.17, 15) is 16.8 Å². The lowest BCUT2D eigenvalue weighted by Gasteiger charge is -2.27. The molecule has 0 N–H and O–H groups in total. The molecule has 28 heavy (non-hydrogen) atoms. The summed E-state index contributed by atoms with van der Waals surface area (Å²) in [7, 11) is -7.50. The van der Waals surface area contributed by atoms with E-state index in [0.29, 0.717) is 37.2 Å². The highest BCUT2D eigenvalue weighted by molar-refractivity contribution is 7.89. The summed E-state index contributed by atoms with van der Waals surface area (Å²) < 4.78 is 65.9. The molecule has 4 rings (SSSR count). The van der Waals surface area contributed by atoms with Crippen molar-refractivity contribution in [1.82, 2.24) is 8.61 Å². The summed E-state index contributed by atoms with van der Waals surface area (Å²) in [5, 5.41) is 0.812. The number of rotatable bonds is 4. The van der Waals surface area contributed by atoms with Crippen molar-refractivity contribution in [1.29, 1.82) is 0 Å². The van der Waals surface area contributed by atoms with Gasteiger partial charge in [0.25, 0.3) is 0 Å². The first-order chi connectivity index (χ1) is 13.4. The Kier molecular flexibility index (Phi) is 5.43. The zero-order valence-electron chi connectivity index (χ0n) is 15.3. The zero-order chi connectivity index (χ0) is 19.8. The number of sulfonamides is 2. The summed E-state index contributed by atoms with van der Waals surface area (Å²) in [6.45, 7) is 2.52. The molecule has 0 aliphatic carbocycles. The van der Waals surface area contributed by atoms with Gasteiger partial charge in [-0.2, -0.15) is 8.61 Å². The molecule has 2 fully saturated rings. The van der Waals surface area contributed by atoms with Crippen LogP contribution in [0.4, 0.5) is 0 Å². The minimum Gasteiger partial charge on any atom is -0.379 e. The van der Waals surface area contributed by atoms with Crippen LogP contribution in [0.3, 0.4) is 0 Å². The highest BCUT2D eigenvalue weighted by Gasteiger charge is 2.31. The average Bonchev–Trinajstić information content (AvgIpc) is 2.74. The monoisotopic (exact) mass is 426 g/mol. The largest absolute Gasteiger partial charge is 0.379 e. The van der Waals surface area contributed by atoms with Gasteiger partial charge in [-0.3, -0.25) is 0 Å². The Bertz CT molecular complexity index is 985. The van der Waals surface area contributed by atoms with Crippen LogP contribution in [-0.2, 0) is 29.5 Å². The predicted molar refractivity (Wildman–Crippen MR) is 103 cm³/mol. The van der Waals surface area contributed by atoms with Crippen molar-refractivity contribution in [2.75, 3.05) is 52.6 Å². The molecule has 0 radical (unpaired) electrons. The molecule has 0 atom stereocenters. The maximum Gasteiger partial charge on any atom is 0.243 e. The fourth-order valence-electron chi connectivity index (χ4n) is 3.55. The van der Waals surface area contributed by atoms with Crippen molar-refractivity contribution in [3.05, 3.63) is 36.4 Å². The molecular formula is C18H22N2O6S2. The third-order valence-electron chi connectivity index (χ3n) is 5.02. The van der Waals surface area contributed by atoms with Crippen LogP contribution < -0.4 is 0 Å². The number of nitrogens with zero attached hydrogens (tertiary/aromatic N) is 2. The third kappa shape index (κ3) is 3.44. The van der Waals surface area contributed by atoms with E-state index < -0.39 is 20.0 Å². The van der Waals surface area contributed by atoms with Crippen LogP contribution in [0, 0.1) is 0 Å². The van der Waals surface area contributed by atoms with E-state index in [1.807, 2.05) is 0 Å². The number of fused-ring (bicyclic) bond motifs is 1. The van der Waals surface area contributed by atoms with Crippen molar-refractivity contribution in [2.24, 2.45) is 0 Å². The van der Waals surface area contributed by atoms with E-state index in [1.54, 1.807) is 24.3 Å². The molecule has 2 aliphatic heterocycles. The summed E-state index contributed by atoms with van der Waals surface area (Å²) in [4.78, 5) is 0.233. The van der Waals surface area contributed by atoms with Gasteiger partial charge in [0.15, 0.2) is 0 Å². The van der Waals surface area contributed by atoms with Crippen LogP contribution in [-0.4, -0.2) is 78.1 Å². The summed E-state index contributed by atoms with van der Waals surface area (Å²) >= 11 is 0. The van der Waals surface area contributed by atoms with Gasteiger partial charge in [0, 0.05) is 37.0 Å². The van der Waals surface area contributed by atoms with Gasteiger partial charge in [-0.1, -0.05) is 24.3 Å². The van der Waals surface area contributed by atoms with Crippen LogP contribution in [0.25, 0.3) is 10.8 Å². The lowest BCUT2D eigenvalue weighted by molar-refractivity contribution is 0.0730. The summed E-state index contributed by atoms with van der Waals surface area (Å²) in [6, 6.07) is 9.54. The van der Waals surface area contributed by atoms with Crippen LogP contribution in [0.1, 0.15) is 0 Å². The summed E-state index contributed by atoms with van der Waals surface area (Å²) in [6.07, 6.45) is 0. The molecule has 0 aromatic heterocycles. The van der Waals surface area contributed by atoms with Crippen LogP contribution in [0.15, 0.2) is 46.2 Å². The van der Waals surface area contributed by atoms with E-state index in [4.69, 9.17) is 9.47 Å². The first-order valence-corrected chi connectivity index (χ1v) is 12.0. The van der Waals surface area contributed by atoms with Crippen LogP contribution in [0.5, 0.6) is 0 Å². The summed E-state index contributed by atoms with van der Waals surface area (Å²) in [5.74, 6) is 0. The molecule has 0 bridgehead atoms. The first-order valence-electron chi connectivity index (χ1n) is 9.10. The van der Waals surface area contributed by atoms with Gasteiger partial charge in [0.05, 0.1) is 36.2 Å². The van der Waals surface area contributed by atoms with Crippen molar-refractivity contribution < 1.29 is 26.3 Å². The third-order valence-corrected chi connectivity index (χ3v) is 8.93. The van der Waals surface area contributed by atoms with Crippen LogP contribution in [0.2, 0.25) is 0 Å². The van der Waals surface area contributed by atoms with Crippen molar-refractivity contribution >= 4 is 30.8 Å². The molecule has 8 nitrogen and oxygen atoms in total. The standard InChI is InChI=1S/C18H22N2O6S2/c21-27(22,19-7-11-25-12-8-19)17-5-1-3-15-16(17)4-2-6-18(15)28(23,24)20-9-13-26-14-10-20/h1-6H,7-14H2. The van der Waals surface area contributed by atoms with Gasteiger partial charge >= 0.3 is 0 Å². The first kappa shape index (κ1) is 19.7. The molecule has 152 valence electrons. The van der Waals surface area contributed by atoms with Gasteiger partial charge in [0.1, 0.15) is 0 Å². The molecule has 2 aliphatic rings. The Balaban J connectivity index is 1.83. The molecular weight excluding hydrogens is 404 g/mol. The Morgan fingerprint density at radius 1 is 0.607 bits per heavy atom. The highest BCUT2D eigenvalue weighted by atomic mass is 32.2. The number of hydrogen-bond donors (Lipinski definition) is 0. The Hall–Kier alpha value is -1.56. The van der Waals surface area contributed by atoms with Crippen molar-refractivity contribution in [3.63, 3.8) is 0 Å². The Morgan fingerprint density at radius 2 is 0.964 bits per heavy atom. The van der Waals surface area contributed by atoms with Crippen molar-refractivity contribution in [2.45, 2.75) is 9.79 Å². The lowest BCUT2D eigenvalue weighted by atomic mass is 10.1. The van der Waals surface area contributed by atoms with Gasteiger partial charge < -0.3 is 9.47 Å². The predicted octanol–water partition coefficient (Wildman–Crippen LogP) is 0.882. The van der Waals surface area contributed by atoms with E-state index in [1.165, 1.54) is 20.7 Å². The van der Waals surface area contributed by atoms with Gasteiger partial charge in [0.2, 0.25) is 20.0 Å². The molecule has 0 saturated carbocycles. The molecule has 10 heteroatoms. The molecule has 2 aromatic carbocycles. The smallest absolute Gasteiger partial charge is 0.243 e. The fraction of sp³-hybridized carbons (Fsp3) is 0.444. The molecule has 0 unspecified atom stereocenters. The molecule has 2 heterocycles. The Labute approximate surface area is 164 Å². The average molecular weight is 427 g/mol. The lowest BCUT2D eigenvalue weighted by Crippen LogP contribution is -2.41. The second kappa shape index (κ2) is 7.69. The SMILES string of the molecule is O=S(=O)(c1cccc2c(S(=O)(=O)N3CCOCC3)cccc12)N1CCOCC1. The van der Waals surface area contributed by atoms with Crippen molar-refractivity contribution in [3.8, 4) is 0 Å². The number of ether oxygens (including phenoxy) is 2. The molecule has 2 aromatic rings. The van der Waals surface area contributed by atoms with E-state index in [-0.39, 0.29) is 36.0 Å². The van der Waals surface area contributed by atoms with Gasteiger partial charge in [-0.05, 0) is 12.1 Å². The van der Waals surface area contributed by atoms with Crippen LogP contribution >= 0.6 is 0 Å². The fourth-order valence-corrected chi connectivity index (χ4v) is 6.78. The molecule has 2 saturated heterocycles. The maximum absolute atomic E-state index is 13.2. The molecule has 0 spiro atoms. The Morgan fingerprint density at radius 3 is 1.32 bits per heavy atom.